The molecule has 15 heavy (non-hydrogen) atoms. The van der Waals surface area contributed by atoms with Crippen molar-refractivity contribution in [2.45, 2.75) is 18.9 Å². The second-order valence-corrected chi connectivity index (χ2v) is 5.79. The lowest BCUT2D eigenvalue weighted by Crippen LogP contribution is -2.47. The lowest BCUT2D eigenvalue weighted by atomic mass is 9.95. The molecular weight excluding hydrogens is 208 g/mol. The van der Waals surface area contributed by atoms with E-state index in [0.29, 0.717) is 5.92 Å². The summed E-state index contributed by atoms with van der Waals surface area (Å²) in [4.78, 5) is 2.39. The molecule has 0 amide bonds. The van der Waals surface area contributed by atoms with Crippen molar-refractivity contribution in [2.24, 2.45) is 5.92 Å². The van der Waals surface area contributed by atoms with Gasteiger partial charge in [0.15, 0.2) is 0 Å². The molecule has 0 radical (unpaired) electrons. The molecule has 3 nitrogen and oxygen atoms in total. The summed E-state index contributed by atoms with van der Waals surface area (Å²) < 4.78 is 0. The fourth-order valence-corrected chi connectivity index (χ4v) is 3.55. The van der Waals surface area contributed by atoms with E-state index in [0.717, 1.165) is 32.7 Å². The molecule has 4 heteroatoms. The van der Waals surface area contributed by atoms with Crippen LogP contribution in [0.15, 0.2) is 0 Å². The van der Waals surface area contributed by atoms with Crippen LogP contribution in [0, 0.1) is 5.92 Å². The second kappa shape index (κ2) is 6.09. The van der Waals surface area contributed by atoms with Gasteiger partial charge in [-0.1, -0.05) is 0 Å². The number of β-amino-alcohol motifs (C(OH)–C–C–N with tert-alkyl or cyclic N) is 1. The van der Waals surface area contributed by atoms with Crippen LogP contribution in [0.1, 0.15) is 12.8 Å². The molecule has 88 valence electrons. The summed E-state index contributed by atoms with van der Waals surface area (Å²) in [5.74, 6) is 3.04. The zero-order chi connectivity index (χ0) is 10.5. The number of hydrogen-bond acceptors (Lipinski definition) is 4. The molecule has 0 saturated carbocycles. The van der Waals surface area contributed by atoms with Crippen LogP contribution in [0.5, 0.6) is 0 Å². The first-order valence-corrected chi connectivity index (χ1v) is 7.20. The highest BCUT2D eigenvalue weighted by Crippen LogP contribution is 2.25. The largest absolute Gasteiger partial charge is 0.392 e. The van der Waals surface area contributed by atoms with Crippen LogP contribution in [-0.2, 0) is 0 Å². The number of aliphatic hydroxyl groups is 1. The predicted octanol–water partition coefficient (Wildman–Crippen LogP) is 0.396. The number of rotatable bonds is 3. The molecule has 0 aromatic rings. The van der Waals surface area contributed by atoms with Gasteiger partial charge in [-0.2, -0.15) is 11.8 Å². The smallest absolute Gasteiger partial charge is 0.0695 e. The summed E-state index contributed by atoms with van der Waals surface area (Å²) in [7, 11) is 0. The van der Waals surface area contributed by atoms with Crippen molar-refractivity contribution in [1.29, 1.82) is 0 Å². The molecule has 0 bridgehead atoms. The summed E-state index contributed by atoms with van der Waals surface area (Å²) in [5.41, 5.74) is 0. The Morgan fingerprint density at radius 1 is 1.27 bits per heavy atom. The first kappa shape index (κ1) is 11.7. The Balaban J connectivity index is 1.72. The number of hydrogen-bond donors (Lipinski definition) is 2. The van der Waals surface area contributed by atoms with Gasteiger partial charge in [-0.15, -0.1) is 0 Å². The molecule has 2 heterocycles. The summed E-state index contributed by atoms with van der Waals surface area (Å²) in [6.45, 7) is 5.23. The maximum atomic E-state index is 10.2. The first-order valence-electron chi connectivity index (χ1n) is 6.05. The number of nitrogens with one attached hydrogen (secondary N) is 1. The molecule has 0 aromatic carbocycles. The van der Waals surface area contributed by atoms with Crippen LogP contribution in [0.25, 0.3) is 0 Å². The summed E-state index contributed by atoms with van der Waals surface area (Å²) in [6.07, 6.45) is 2.32. The summed E-state index contributed by atoms with van der Waals surface area (Å²) in [5, 5.41) is 13.5. The quantitative estimate of drug-likeness (QED) is 0.735. The fourth-order valence-electron chi connectivity index (χ4n) is 2.41. The highest BCUT2D eigenvalue weighted by atomic mass is 32.2. The van der Waals surface area contributed by atoms with E-state index in [9.17, 15) is 5.11 Å². The van der Waals surface area contributed by atoms with Crippen molar-refractivity contribution in [1.82, 2.24) is 10.2 Å². The Morgan fingerprint density at radius 3 is 2.60 bits per heavy atom. The number of thioether (sulfide) groups is 1. The SMILES string of the molecule is OC(CN1CCNCC1)C1CCSCC1. The number of piperazine rings is 1. The van der Waals surface area contributed by atoms with Crippen molar-refractivity contribution < 1.29 is 5.11 Å². The Bertz CT molecular complexity index is 179. The van der Waals surface area contributed by atoms with Crippen LogP contribution in [0.4, 0.5) is 0 Å². The van der Waals surface area contributed by atoms with Gasteiger partial charge in [0, 0.05) is 32.7 Å². The lowest BCUT2D eigenvalue weighted by Gasteiger charge is -2.33. The topological polar surface area (TPSA) is 35.5 Å². The van der Waals surface area contributed by atoms with Gasteiger partial charge < -0.3 is 10.4 Å². The molecule has 2 fully saturated rings. The Hall–Kier alpha value is 0.230. The van der Waals surface area contributed by atoms with E-state index in [1.165, 1.54) is 24.3 Å². The highest BCUT2D eigenvalue weighted by Gasteiger charge is 2.24. The van der Waals surface area contributed by atoms with E-state index in [4.69, 9.17) is 0 Å². The van der Waals surface area contributed by atoms with E-state index >= 15 is 0 Å². The van der Waals surface area contributed by atoms with Crippen molar-refractivity contribution in [2.75, 3.05) is 44.2 Å². The van der Waals surface area contributed by atoms with Gasteiger partial charge in [-0.05, 0) is 30.3 Å². The molecule has 2 aliphatic heterocycles. The Labute approximate surface area is 96.6 Å². The lowest BCUT2D eigenvalue weighted by molar-refractivity contribution is 0.0557. The van der Waals surface area contributed by atoms with E-state index in [2.05, 4.69) is 10.2 Å². The van der Waals surface area contributed by atoms with Crippen LogP contribution >= 0.6 is 11.8 Å². The zero-order valence-electron chi connectivity index (χ0n) is 9.32. The molecule has 2 rings (SSSR count). The van der Waals surface area contributed by atoms with Gasteiger partial charge in [-0.3, -0.25) is 4.90 Å². The van der Waals surface area contributed by atoms with Crippen molar-refractivity contribution in [3.8, 4) is 0 Å². The maximum Gasteiger partial charge on any atom is 0.0695 e. The highest BCUT2D eigenvalue weighted by molar-refractivity contribution is 7.99. The van der Waals surface area contributed by atoms with Crippen molar-refractivity contribution >= 4 is 11.8 Å². The predicted molar refractivity (Wildman–Crippen MR) is 65.4 cm³/mol. The number of nitrogens with zero attached hydrogens (tertiary/aromatic N) is 1. The first-order chi connectivity index (χ1) is 7.36. The third-order valence-electron chi connectivity index (χ3n) is 3.46. The van der Waals surface area contributed by atoms with E-state index in [1.54, 1.807) is 0 Å². The van der Waals surface area contributed by atoms with E-state index in [1.807, 2.05) is 11.8 Å². The molecular formula is C11H22N2OS. The van der Waals surface area contributed by atoms with Crippen LogP contribution < -0.4 is 5.32 Å². The van der Waals surface area contributed by atoms with Crippen molar-refractivity contribution in [3.05, 3.63) is 0 Å². The molecule has 1 atom stereocenters. The Kier molecular flexibility index (Phi) is 4.75. The normalized spacial score (nSPS) is 27.8. The van der Waals surface area contributed by atoms with Gasteiger partial charge >= 0.3 is 0 Å². The molecule has 2 N–H and O–H groups in total. The second-order valence-electron chi connectivity index (χ2n) is 4.57. The minimum Gasteiger partial charge on any atom is -0.392 e. The van der Waals surface area contributed by atoms with E-state index in [-0.39, 0.29) is 6.10 Å². The van der Waals surface area contributed by atoms with Crippen LogP contribution in [0.3, 0.4) is 0 Å². The van der Waals surface area contributed by atoms with Crippen molar-refractivity contribution in [3.63, 3.8) is 0 Å². The standard InChI is InChI=1S/C11H22N2OS/c14-11(10-1-7-15-8-2-10)9-13-5-3-12-4-6-13/h10-12,14H,1-9H2. The van der Waals surface area contributed by atoms with Gasteiger partial charge in [0.1, 0.15) is 0 Å². The molecule has 2 aliphatic rings. The minimum atomic E-state index is -0.0935. The van der Waals surface area contributed by atoms with Gasteiger partial charge in [0.25, 0.3) is 0 Å². The fraction of sp³-hybridized carbons (Fsp3) is 1.00. The van der Waals surface area contributed by atoms with Gasteiger partial charge in [0.2, 0.25) is 0 Å². The molecule has 0 spiro atoms. The minimum absolute atomic E-state index is 0.0935. The molecule has 1 unspecified atom stereocenters. The average Bonchev–Trinajstić information content (AvgIpc) is 2.31. The molecule has 2 saturated heterocycles. The third kappa shape index (κ3) is 3.63. The van der Waals surface area contributed by atoms with Gasteiger partial charge in [-0.25, -0.2) is 0 Å². The summed E-state index contributed by atoms with van der Waals surface area (Å²) >= 11 is 2.03. The monoisotopic (exact) mass is 230 g/mol. The van der Waals surface area contributed by atoms with Crippen LogP contribution in [-0.4, -0.2) is 60.3 Å². The summed E-state index contributed by atoms with van der Waals surface area (Å²) in [6, 6.07) is 0. The maximum absolute atomic E-state index is 10.2. The van der Waals surface area contributed by atoms with Crippen LogP contribution in [0.2, 0.25) is 0 Å². The zero-order valence-corrected chi connectivity index (χ0v) is 10.1. The van der Waals surface area contributed by atoms with E-state index < -0.39 is 0 Å². The Morgan fingerprint density at radius 2 is 1.93 bits per heavy atom. The third-order valence-corrected chi connectivity index (χ3v) is 4.51. The molecule has 0 aliphatic carbocycles. The average molecular weight is 230 g/mol. The van der Waals surface area contributed by atoms with Gasteiger partial charge in [0.05, 0.1) is 6.10 Å². The molecule has 0 aromatic heterocycles. The number of aliphatic hydroxyl groups excluding tert-OH is 1.